The molecule has 2 N–H and O–H groups in total. The molecule has 1 amide bonds. The Labute approximate surface area is 76.6 Å². The minimum Gasteiger partial charge on any atom is -0.481 e. The normalized spacial score (nSPS) is 18.5. The average Bonchev–Trinajstić information content (AvgIpc) is 2.82. The van der Waals surface area contributed by atoms with Gasteiger partial charge in [-0.15, -0.1) is 0 Å². The molecule has 0 unspecified atom stereocenters. The molecule has 0 spiro atoms. The van der Waals surface area contributed by atoms with Crippen molar-refractivity contribution in [3.8, 4) is 0 Å². The standard InChI is InChI=1S/C9H13NO3/c1-2-3-7(11)10-6-9(4-5-9)8(12)13/h2-3H,4-6H2,1H3,(H,10,11)(H,12,13)/b3-2+. The molecular weight excluding hydrogens is 170 g/mol. The Morgan fingerprint density at radius 1 is 1.54 bits per heavy atom. The van der Waals surface area contributed by atoms with E-state index >= 15 is 0 Å². The second kappa shape index (κ2) is 3.60. The lowest BCUT2D eigenvalue weighted by molar-refractivity contribution is -0.143. The molecular formula is C9H13NO3. The highest BCUT2D eigenvalue weighted by atomic mass is 16.4. The summed E-state index contributed by atoms with van der Waals surface area (Å²) >= 11 is 0. The van der Waals surface area contributed by atoms with E-state index in [0.717, 1.165) is 0 Å². The third-order valence-electron chi connectivity index (χ3n) is 2.23. The Morgan fingerprint density at radius 3 is 2.54 bits per heavy atom. The van der Waals surface area contributed by atoms with Crippen LogP contribution in [0.1, 0.15) is 19.8 Å². The largest absolute Gasteiger partial charge is 0.481 e. The lowest BCUT2D eigenvalue weighted by atomic mass is 10.1. The van der Waals surface area contributed by atoms with Crippen LogP contribution >= 0.6 is 0 Å². The zero-order valence-corrected chi connectivity index (χ0v) is 7.54. The summed E-state index contributed by atoms with van der Waals surface area (Å²) in [6.45, 7) is 1.98. The van der Waals surface area contributed by atoms with Crippen molar-refractivity contribution in [2.75, 3.05) is 6.54 Å². The van der Waals surface area contributed by atoms with Crippen LogP contribution < -0.4 is 5.32 Å². The van der Waals surface area contributed by atoms with Crippen LogP contribution in [0.15, 0.2) is 12.2 Å². The molecule has 0 heterocycles. The quantitative estimate of drug-likeness (QED) is 0.625. The molecule has 1 rings (SSSR count). The maximum atomic E-state index is 10.9. The first-order valence-electron chi connectivity index (χ1n) is 4.25. The van der Waals surface area contributed by atoms with Gasteiger partial charge in [0.15, 0.2) is 0 Å². The molecule has 0 aromatic rings. The molecule has 72 valence electrons. The van der Waals surface area contributed by atoms with E-state index in [1.807, 2.05) is 0 Å². The van der Waals surface area contributed by atoms with Gasteiger partial charge in [-0.2, -0.15) is 0 Å². The van der Waals surface area contributed by atoms with Crippen molar-refractivity contribution in [1.29, 1.82) is 0 Å². The zero-order chi connectivity index (χ0) is 9.90. The predicted octanol–water partition coefficient (Wildman–Crippen LogP) is 0.543. The van der Waals surface area contributed by atoms with Crippen molar-refractivity contribution in [2.24, 2.45) is 5.41 Å². The predicted molar refractivity (Wildman–Crippen MR) is 47.1 cm³/mol. The van der Waals surface area contributed by atoms with Gasteiger partial charge in [0.1, 0.15) is 0 Å². The van der Waals surface area contributed by atoms with E-state index in [9.17, 15) is 9.59 Å². The minimum absolute atomic E-state index is 0.227. The number of carbonyl (C=O) groups excluding carboxylic acids is 1. The highest BCUT2D eigenvalue weighted by molar-refractivity contribution is 5.88. The molecule has 0 aromatic heterocycles. The zero-order valence-electron chi connectivity index (χ0n) is 7.54. The van der Waals surface area contributed by atoms with Crippen LogP contribution in [0.2, 0.25) is 0 Å². The van der Waals surface area contributed by atoms with E-state index in [1.54, 1.807) is 13.0 Å². The summed E-state index contributed by atoms with van der Waals surface area (Å²) in [7, 11) is 0. The molecule has 4 nitrogen and oxygen atoms in total. The molecule has 0 atom stereocenters. The van der Waals surface area contributed by atoms with E-state index in [2.05, 4.69) is 5.32 Å². The van der Waals surface area contributed by atoms with Crippen LogP contribution in [-0.2, 0) is 9.59 Å². The van der Waals surface area contributed by atoms with E-state index < -0.39 is 11.4 Å². The monoisotopic (exact) mass is 183 g/mol. The van der Waals surface area contributed by atoms with Gasteiger partial charge in [-0.3, -0.25) is 9.59 Å². The number of nitrogens with one attached hydrogen (secondary N) is 1. The van der Waals surface area contributed by atoms with Crippen LogP contribution in [0.4, 0.5) is 0 Å². The van der Waals surface area contributed by atoms with Crippen molar-refractivity contribution in [3.63, 3.8) is 0 Å². The van der Waals surface area contributed by atoms with Crippen molar-refractivity contribution in [2.45, 2.75) is 19.8 Å². The number of allylic oxidation sites excluding steroid dienone is 1. The molecule has 0 aromatic carbocycles. The molecule has 1 aliphatic rings. The maximum Gasteiger partial charge on any atom is 0.311 e. The number of carboxylic acids is 1. The van der Waals surface area contributed by atoms with Gasteiger partial charge in [0.25, 0.3) is 0 Å². The van der Waals surface area contributed by atoms with Crippen LogP contribution in [0, 0.1) is 5.41 Å². The van der Waals surface area contributed by atoms with Crippen LogP contribution in [0.3, 0.4) is 0 Å². The number of rotatable bonds is 4. The molecule has 13 heavy (non-hydrogen) atoms. The highest BCUT2D eigenvalue weighted by Crippen LogP contribution is 2.45. The Bertz CT molecular complexity index is 254. The number of aliphatic carboxylic acids is 1. The molecule has 4 heteroatoms. The third kappa shape index (κ3) is 2.31. The topological polar surface area (TPSA) is 66.4 Å². The minimum atomic E-state index is -0.812. The molecule has 1 fully saturated rings. The first kappa shape index (κ1) is 9.77. The number of carbonyl (C=O) groups is 2. The van der Waals surface area contributed by atoms with Gasteiger partial charge in [0, 0.05) is 6.54 Å². The number of hydrogen-bond donors (Lipinski definition) is 2. The van der Waals surface area contributed by atoms with Crippen molar-refractivity contribution in [1.82, 2.24) is 5.32 Å². The third-order valence-corrected chi connectivity index (χ3v) is 2.23. The molecule has 1 saturated carbocycles. The molecule has 1 aliphatic carbocycles. The first-order valence-corrected chi connectivity index (χ1v) is 4.25. The van der Waals surface area contributed by atoms with E-state index in [1.165, 1.54) is 6.08 Å². The van der Waals surface area contributed by atoms with Crippen LogP contribution in [0.5, 0.6) is 0 Å². The van der Waals surface area contributed by atoms with Crippen LogP contribution in [-0.4, -0.2) is 23.5 Å². The number of hydrogen-bond acceptors (Lipinski definition) is 2. The average molecular weight is 183 g/mol. The second-order valence-corrected chi connectivity index (χ2v) is 3.30. The van der Waals surface area contributed by atoms with Gasteiger partial charge in [-0.25, -0.2) is 0 Å². The molecule has 0 saturated heterocycles. The Hall–Kier alpha value is -1.32. The summed E-state index contributed by atoms with van der Waals surface area (Å²) in [5.74, 6) is -1.04. The fraction of sp³-hybridized carbons (Fsp3) is 0.556. The van der Waals surface area contributed by atoms with E-state index in [4.69, 9.17) is 5.11 Å². The summed E-state index contributed by atoms with van der Waals surface area (Å²) < 4.78 is 0. The van der Waals surface area contributed by atoms with Gasteiger partial charge in [0.05, 0.1) is 5.41 Å². The van der Waals surface area contributed by atoms with Crippen molar-refractivity contribution in [3.05, 3.63) is 12.2 Å². The summed E-state index contributed by atoms with van der Waals surface area (Å²) in [6, 6.07) is 0. The molecule has 0 bridgehead atoms. The van der Waals surface area contributed by atoms with Crippen molar-refractivity contribution >= 4 is 11.9 Å². The lowest BCUT2D eigenvalue weighted by Crippen LogP contribution is -2.33. The van der Waals surface area contributed by atoms with Crippen molar-refractivity contribution < 1.29 is 14.7 Å². The summed E-state index contributed by atoms with van der Waals surface area (Å²) in [5, 5.41) is 11.3. The van der Waals surface area contributed by atoms with Gasteiger partial charge in [-0.05, 0) is 25.8 Å². The molecule has 0 radical (unpaired) electrons. The lowest BCUT2D eigenvalue weighted by Gasteiger charge is -2.08. The fourth-order valence-corrected chi connectivity index (χ4v) is 1.08. The van der Waals surface area contributed by atoms with E-state index in [0.29, 0.717) is 12.8 Å². The summed E-state index contributed by atoms with van der Waals surface area (Å²) in [6.07, 6.45) is 4.34. The Kier molecular flexibility index (Phi) is 2.70. The Morgan fingerprint density at radius 2 is 2.15 bits per heavy atom. The number of carboxylic acid groups (broad SMARTS) is 1. The Balaban J connectivity index is 2.34. The number of amides is 1. The maximum absolute atomic E-state index is 10.9. The molecule has 0 aliphatic heterocycles. The first-order chi connectivity index (χ1) is 6.10. The van der Waals surface area contributed by atoms with Gasteiger partial charge in [0.2, 0.25) is 5.91 Å². The van der Waals surface area contributed by atoms with Crippen LogP contribution in [0.25, 0.3) is 0 Å². The summed E-state index contributed by atoms with van der Waals surface area (Å²) in [5.41, 5.74) is -0.669. The highest BCUT2D eigenvalue weighted by Gasteiger charge is 2.50. The van der Waals surface area contributed by atoms with Gasteiger partial charge in [-0.1, -0.05) is 6.08 Å². The van der Waals surface area contributed by atoms with Gasteiger partial charge < -0.3 is 10.4 Å². The smallest absolute Gasteiger partial charge is 0.311 e. The fourth-order valence-electron chi connectivity index (χ4n) is 1.08. The van der Waals surface area contributed by atoms with E-state index in [-0.39, 0.29) is 12.5 Å². The summed E-state index contributed by atoms with van der Waals surface area (Å²) in [4.78, 5) is 21.6. The second-order valence-electron chi connectivity index (χ2n) is 3.30. The SMILES string of the molecule is C/C=C/C(=O)NCC1(C(=O)O)CC1. The van der Waals surface area contributed by atoms with Gasteiger partial charge >= 0.3 is 5.97 Å².